The van der Waals surface area contributed by atoms with E-state index >= 15 is 0 Å². The van der Waals surface area contributed by atoms with E-state index in [0.717, 1.165) is 35.5 Å². The van der Waals surface area contributed by atoms with Crippen molar-refractivity contribution in [2.24, 2.45) is 0 Å². The lowest BCUT2D eigenvalue weighted by atomic mass is 9.98. The predicted octanol–water partition coefficient (Wildman–Crippen LogP) is 3.90. The lowest BCUT2D eigenvalue weighted by molar-refractivity contribution is -0.121. The summed E-state index contributed by atoms with van der Waals surface area (Å²) in [6.45, 7) is 2.01. The van der Waals surface area contributed by atoms with Crippen molar-refractivity contribution < 1.29 is 14.3 Å². The summed E-state index contributed by atoms with van der Waals surface area (Å²) in [7, 11) is 3.30. The normalized spacial score (nSPS) is 11.6. The van der Waals surface area contributed by atoms with Crippen molar-refractivity contribution in [2.45, 2.75) is 32.2 Å². The maximum Gasteiger partial charge on any atom is 0.220 e. The SMILES string of the molecule is CCCC(=O)N[C@@H](Cc1ccc(OC)cc1)c1ccc(OC)cc1. The van der Waals surface area contributed by atoms with Crippen molar-refractivity contribution in [3.63, 3.8) is 0 Å². The first-order valence-electron chi connectivity index (χ1n) is 8.22. The van der Waals surface area contributed by atoms with Gasteiger partial charge in [-0.15, -0.1) is 0 Å². The highest BCUT2D eigenvalue weighted by atomic mass is 16.5. The molecule has 0 aliphatic heterocycles. The Labute approximate surface area is 143 Å². The number of methoxy groups -OCH3 is 2. The van der Waals surface area contributed by atoms with Gasteiger partial charge in [-0.3, -0.25) is 4.79 Å². The monoisotopic (exact) mass is 327 g/mol. The summed E-state index contributed by atoms with van der Waals surface area (Å²) in [6.07, 6.45) is 2.10. The van der Waals surface area contributed by atoms with E-state index in [2.05, 4.69) is 5.32 Å². The van der Waals surface area contributed by atoms with Crippen molar-refractivity contribution in [2.75, 3.05) is 14.2 Å². The smallest absolute Gasteiger partial charge is 0.220 e. The van der Waals surface area contributed by atoms with Crippen molar-refractivity contribution in [1.82, 2.24) is 5.32 Å². The molecule has 0 bridgehead atoms. The lowest BCUT2D eigenvalue weighted by Gasteiger charge is -2.20. The number of amides is 1. The van der Waals surface area contributed by atoms with Gasteiger partial charge >= 0.3 is 0 Å². The average Bonchev–Trinajstić information content (AvgIpc) is 2.62. The number of carbonyl (C=O) groups is 1. The topological polar surface area (TPSA) is 47.6 Å². The fourth-order valence-electron chi connectivity index (χ4n) is 2.58. The third kappa shape index (κ3) is 5.01. The van der Waals surface area contributed by atoms with Gasteiger partial charge in [0.1, 0.15) is 11.5 Å². The van der Waals surface area contributed by atoms with Crippen LogP contribution in [-0.4, -0.2) is 20.1 Å². The quantitative estimate of drug-likeness (QED) is 0.800. The molecule has 0 unspecified atom stereocenters. The van der Waals surface area contributed by atoms with Gasteiger partial charge in [0.05, 0.1) is 20.3 Å². The zero-order valence-corrected chi connectivity index (χ0v) is 14.5. The Morgan fingerprint density at radius 1 is 0.958 bits per heavy atom. The molecule has 4 heteroatoms. The Morgan fingerprint density at radius 3 is 2.00 bits per heavy atom. The van der Waals surface area contributed by atoms with Crippen LogP contribution in [0, 0.1) is 0 Å². The van der Waals surface area contributed by atoms with Crippen molar-refractivity contribution in [1.29, 1.82) is 0 Å². The van der Waals surface area contributed by atoms with Crippen LogP contribution < -0.4 is 14.8 Å². The highest BCUT2D eigenvalue weighted by molar-refractivity contribution is 5.76. The zero-order chi connectivity index (χ0) is 17.4. The van der Waals surface area contributed by atoms with E-state index in [1.165, 1.54) is 0 Å². The molecule has 2 aromatic carbocycles. The molecule has 1 N–H and O–H groups in total. The van der Waals surface area contributed by atoms with Crippen LogP contribution in [0.1, 0.15) is 36.9 Å². The number of rotatable bonds is 8. The molecule has 0 saturated heterocycles. The summed E-state index contributed by atoms with van der Waals surface area (Å²) in [5.41, 5.74) is 2.21. The van der Waals surface area contributed by atoms with Gasteiger partial charge in [-0.25, -0.2) is 0 Å². The molecular weight excluding hydrogens is 302 g/mol. The molecule has 0 radical (unpaired) electrons. The maximum absolute atomic E-state index is 12.1. The second-order valence-electron chi connectivity index (χ2n) is 5.70. The molecule has 1 amide bonds. The van der Waals surface area contributed by atoms with Crippen LogP contribution in [0.2, 0.25) is 0 Å². The second-order valence-corrected chi connectivity index (χ2v) is 5.70. The Bertz CT molecular complexity index is 635. The van der Waals surface area contributed by atoms with Crippen LogP contribution in [0.4, 0.5) is 0 Å². The highest BCUT2D eigenvalue weighted by Crippen LogP contribution is 2.23. The van der Waals surface area contributed by atoms with Gasteiger partial charge in [0.25, 0.3) is 0 Å². The molecule has 4 nitrogen and oxygen atoms in total. The number of carbonyl (C=O) groups excluding carboxylic acids is 1. The number of hydrogen-bond donors (Lipinski definition) is 1. The number of hydrogen-bond acceptors (Lipinski definition) is 3. The molecule has 0 aromatic heterocycles. The number of ether oxygens (including phenoxy) is 2. The Balaban J connectivity index is 2.18. The molecule has 2 rings (SSSR count). The van der Waals surface area contributed by atoms with E-state index in [4.69, 9.17) is 9.47 Å². The zero-order valence-electron chi connectivity index (χ0n) is 14.5. The number of benzene rings is 2. The Kier molecular flexibility index (Phi) is 6.67. The van der Waals surface area contributed by atoms with Gasteiger partial charge in [0.15, 0.2) is 0 Å². The van der Waals surface area contributed by atoms with Crippen molar-refractivity contribution in [3.05, 3.63) is 59.7 Å². The molecule has 128 valence electrons. The first-order valence-corrected chi connectivity index (χ1v) is 8.22. The van der Waals surface area contributed by atoms with Crippen LogP contribution in [-0.2, 0) is 11.2 Å². The summed E-state index contributed by atoms with van der Waals surface area (Å²) in [5, 5.41) is 3.14. The maximum atomic E-state index is 12.1. The van der Waals surface area contributed by atoms with E-state index in [9.17, 15) is 4.79 Å². The minimum atomic E-state index is -0.0663. The molecule has 24 heavy (non-hydrogen) atoms. The molecule has 0 fully saturated rings. The van der Waals surface area contributed by atoms with Gasteiger partial charge in [-0.05, 0) is 48.2 Å². The van der Waals surface area contributed by atoms with Crippen LogP contribution in [0.25, 0.3) is 0 Å². The average molecular weight is 327 g/mol. The van der Waals surface area contributed by atoms with E-state index in [-0.39, 0.29) is 11.9 Å². The minimum Gasteiger partial charge on any atom is -0.497 e. The highest BCUT2D eigenvalue weighted by Gasteiger charge is 2.15. The van der Waals surface area contributed by atoms with E-state index in [1.807, 2.05) is 55.5 Å². The molecule has 0 aliphatic rings. The van der Waals surface area contributed by atoms with Gasteiger partial charge in [0.2, 0.25) is 5.91 Å². The summed E-state index contributed by atoms with van der Waals surface area (Å²) in [6, 6.07) is 15.7. The standard InChI is InChI=1S/C20H25NO3/c1-4-5-20(22)21-19(16-8-12-18(24-3)13-9-16)14-15-6-10-17(23-2)11-7-15/h6-13,19H,4-5,14H2,1-3H3,(H,21,22)/t19-/m0/s1. The third-order valence-electron chi connectivity index (χ3n) is 3.93. The number of nitrogens with one attached hydrogen (secondary N) is 1. The Hall–Kier alpha value is -2.49. The molecule has 0 saturated carbocycles. The van der Waals surface area contributed by atoms with Gasteiger partial charge in [-0.1, -0.05) is 31.2 Å². The molecule has 0 heterocycles. The van der Waals surface area contributed by atoms with Gasteiger partial charge in [0, 0.05) is 6.42 Å². The summed E-state index contributed by atoms with van der Waals surface area (Å²) in [5.74, 6) is 1.71. The summed E-state index contributed by atoms with van der Waals surface area (Å²) >= 11 is 0. The summed E-state index contributed by atoms with van der Waals surface area (Å²) < 4.78 is 10.4. The van der Waals surface area contributed by atoms with E-state index < -0.39 is 0 Å². The Morgan fingerprint density at radius 2 is 1.50 bits per heavy atom. The predicted molar refractivity (Wildman–Crippen MR) is 95.5 cm³/mol. The fraction of sp³-hybridized carbons (Fsp3) is 0.350. The molecule has 2 aromatic rings. The molecule has 0 spiro atoms. The molecule has 1 atom stereocenters. The van der Waals surface area contributed by atoms with Gasteiger partial charge < -0.3 is 14.8 Å². The summed E-state index contributed by atoms with van der Waals surface area (Å²) in [4.78, 5) is 12.1. The first kappa shape index (κ1) is 17.9. The molecular formula is C20H25NO3. The first-order chi connectivity index (χ1) is 11.7. The van der Waals surface area contributed by atoms with Gasteiger partial charge in [-0.2, -0.15) is 0 Å². The van der Waals surface area contributed by atoms with Crippen LogP contribution in [0.3, 0.4) is 0 Å². The molecule has 0 aliphatic carbocycles. The lowest BCUT2D eigenvalue weighted by Crippen LogP contribution is -2.29. The third-order valence-corrected chi connectivity index (χ3v) is 3.93. The van der Waals surface area contributed by atoms with Crippen molar-refractivity contribution >= 4 is 5.91 Å². The van der Waals surface area contributed by atoms with Crippen molar-refractivity contribution in [3.8, 4) is 11.5 Å². The van der Waals surface area contributed by atoms with E-state index in [1.54, 1.807) is 14.2 Å². The van der Waals surface area contributed by atoms with Crippen LogP contribution >= 0.6 is 0 Å². The fourth-order valence-corrected chi connectivity index (χ4v) is 2.58. The second kappa shape index (κ2) is 8.96. The van der Waals surface area contributed by atoms with Crippen LogP contribution in [0.15, 0.2) is 48.5 Å². The minimum absolute atomic E-state index is 0.0663. The van der Waals surface area contributed by atoms with E-state index in [0.29, 0.717) is 6.42 Å². The largest absolute Gasteiger partial charge is 0.497 e. The van der Waals surface area contributed by atoms with Crippen LogP contribution in [0.5, 0.6) is 11.5 Å².